The van der Waals surface area contributed by atoms with Crippen molar-refractivity contribution in [2.75, 3.05) is 34.8 Å². The van der Waals surface area contributed by atoms with Crippen LogP contribution < -0.4 is 15.4 Å². The number of guanidine groups is 1. The number of rotatable bonds is 7. The standard InChI is InChI=1S/C22H31N5O2S/c1-23-21(25-15-22(11-5-6-12-22)20(28)27(2)3)24-13-17-14-30-19(26-17)16-7-9-18(29-4)10-8-16/h7-10,14H,5-6,11-13,15H2,1-4H3,(H2,23,24,25). The molecule has 0 spiro atoms. The van der Waals surface area contributed by atoms with Crippen LogP contribution in [0.3, 0.4) is 0 Å². The number of carbonyl (C=O) groups excluding carboxylic acids is 1. The molecule has 3 rings (SSSR count). The Kier molecular flexibility index (Phi) is 7.31. The van der Waals surface area contributed by atoms with E-state index in [-0.39, 0.29) is 11.3 Å². The summed E-state index contributed by atoms with van der Waals surface area (Å²) in [6, 6.07) is 7.90. The maximum atomic E-state index is 12.7. The van der Waals surface area contributed by atoms with Gasteiger partial charge in [0.2, 0.25) is 5.91 Å². The lowest BCUT2D eigenvalue weighted by atomic mass is 9.84. The van der Waals surface area contributed by atoms with Crippen LogP contribution >= 0.6 is 11.3 Å². The number of nitrogens with zero attached hydrogens (tertiary/aromatic N) is 3. The highest BCUT2D eigenvalue weighted by atomic mass is 32.1. The smallest absolute Gasteiger partial charge is 0.230 e. The molecule has 1 saturated carbocycles. The van der Waals surface area contributed by atoms with Gasteiger partial charge in [-0.05, 0) is 37.1 Å². The molecule has 1 amide bonds. The summed E-state index contributed by atoms with van der Waals surface area (Å²) in [7, 11) is 7.07. The zero-order valence-corrected chi connectivity index (χ0v) is 19.0. The van der Waals surface area contributed by atoms with Gasteiger partial charge >= 0.3 is 0 Å². The molecule has 1 aromatic heterocycles. The van der Waals surface area contributed by atoms with Crippen molar-refractivity contribution in [2.45, 2.75) is 32.2 Å². The predicted molar refractivity (Wildman–Crippen MR) is 122 cm³/mol. The maximum absolute atomic E-state index is 12.7. The number of hydrogen-bond donors (Lipinski definition) is 2. The first-order valence-corrected chi connectivity index (χ1v) is 11.1. The van der Waals surface area contributed by atoms with Crippen molar-refractivity contribution < 1.29 is 9.53 Å². The molecule has 0 bridgehead atoms. The van der Waals surface area contributed by atoms with Gasteiger partial charge in [0.25, 0.3) is 0 Å². The largest absolute Gasteiger partial charge is 0.497 e. The van der Waals surface area contributed by atoms with Crippen LogP contribution in [0.5, 0.6) is 5.75 Å². The minimum absolute atomic E-state index is 0.201. The average Bonchev–Trinajstić information content (AvgIpc) is 3.44. The zero-order valence-electron chi connectivity index (χ0n) is 18.2. The second-order valence-corrected chi connectivity index (χ2v) is 8.70. The monoisotopic (exact) mass is 429 g/mol. The summed E-state index contributed by atoms with van der Waals surface area (Å²) in [6.07, 6.45) is 4.04. The van der Waals surface area contributed by atoms with E-state index >= 15 is 0 Å². The fourth-order valence-corrected chi connectivity index (χ4v) is 4.72. The van der Waals surface area contributed by atoms with E-state index in [0.29, 0.717) is 19.0 Å². The van der Waals surface area contributed by atoms with Gasteiger partial charge in [0.1, 0.15) is 10.8 Å². The van der Waals surface area contributed by atoms with E-state index < -0.39 is 0 Å². The Hall–Kier alpha value is -2.61. The molecule has 1 aliphatic carbocycles. The van der Waals surface area contributed by atoms with Crippen molar-refractivity contribution >= 4 is 23.2 Å². The highest BCUT2D eigenvalue weighted by molar-refractivity contribution is 7.13. The van der Waals surface area contributed by atoms with Gasteiger partial charge in [-0.25, -0.2) is 4.98 Å². The highest BCUT2D eigenvalue weighted by Gasteiger charge is 2.42. The molecule has 1 aliphatic rings. The van der Waals surface area contributed by atoms with Crippen molar-refractivity contribution in [3.8, 4) is 16.3 Å². The zero-order chi connectivity index (χ0) is 21.6. The van der Waals surface area contributed by atoms with Gasteiger partial charge in [0.05, 0.1) is 24.8 Å². The molecule has 0 aliphatic heterocycles. The van der Waals surface area contributed by atoms with Crippen LogP contribution in [0.1, 0.15) is 31.4 Å². The van der Waals surface area contributed by atoms with Crippen LogP contribution in [0.4, 0.5) is 0 Å². The van der Waals surface area contributed by atoms with E-state index in [1.165, 1.54) is 0 Å². The Morgan fingerprint density at radius 1 is 1.23 bits per heavy atom. The number of carbonyl (C=O) groups is 1. The Balaban J connectivity index is 1.57. The molecule has 2 aromatic rings. The van der Waals surface area contributed by atoms with Crippen LogP contribution in [-0.4, -0.2) is 56.5 Å². The minimum Gasteiger partial charge on any atom is -0.497 e. The van der Waals surface area contributed by atoms with Crippen LogP contribution in [-0.2, 0) is 11.3 Å². The summed E-state index contributed by atoms with van der Waals surface area (Å²) < 4.78 is 5.21. The van der Waals surface area contributed by atoms with Crippen molar-refractivity contribution in [3.05, 3.63) is 35.3 Å². The lowest BCUT2D eigenvalue weighted by molar-refractivity contribution is -0.138. The number of hydrogen-bond acceptors (Lipinski definition) is 5. The third kappa shape index (κ3) is 5.11. The number of nitrogens with one attached hydrogen (secondary N) is 2. The number of aliphatic imine (C=N–C) groups is 1. The van der Waals surface area contributed by atoms with E-state index in [0.717, 1.165) is 47.7 Å². The summed E-state index contributed by atoms with van der Waals surface area (Å²) >= 11 is 1.61. The van der Waals surface area contributed by atoms with Gasteiger partial charge in [-0.2, -0.15) is 0 Å². The average molecular weight is 430 g/mol. The fraction of sp³-hybridized carbons (Fsp3) is 0.500. The van der Waals surface area contributed by atoms with E-state index in [2.05, 4.69) is 15.6 Å². The van der Waals surface area contributed by atoms with Crippen molar-refractivity contribution in [1.82, 2.24) is 20.5 Å². The first-order valence-electron chi connectivity index (χ1n) is 10.2. The van der Waals surface area contributed by atoms with Crippen LogP contribution in [0.15, 0.2) is 34.6 Å². The summed E-state index contributed by atoms with van der Waals surface area (Å²) in [5.41, 5.74) is 1.69. The molecule has 7 nitrogen and oxygen atoms in total. The third-order valence-electron chi connectivity index (χ3n) is 5.56. The summed E-state index contributed by atoms with van der Waals surface area (Å²) in [5, 5.41) is 9.70. The van der Waals surface area contributed by atoms with Gasteiger partial charge in [0, 0.05) is 38.6 Å². The fourth-order valence-electron chi connectivity index (χ4n) is 3.89. The molecule has 0 unspecified atom stereocenters. The molecule has 0 atom stereocenters. The SMILES string of the molecule is CN=C(NCc1csc(-c2ccc(OC)cc2)n1)NCC1(C(=O)N(C)C)CCCC1. The Labute approximate surface area is 182 Å². The minimum atomic E-state index is -0.330. The predicted octanol–water partition coefficient (Wildman–Crippen LogP) is 3.13. The van der Waals surface area contributed by atoms with Crippen LogP contribution in [0, 0.1) is 5.41 Å². The number of thiazole rings is 1. The molecular formula is C22H31N5O2S. The summed E-state index contributed by atoms with van der Waals surface area (Å²) in [4.78, 5) is 23.5. The van der Waals surface area contributed by atoms with Gasteiger partial charge in [-0.1, -0.05) is 12.8 Å². The summed E-state index contributed by atoms with van der Waals surface area (Å²) in [6.45, 7) is 1.17. The van der Waals surface area contributed by atoms with E-state index in [9.17, 15) is 4.79 Å². The maximum Gasteiger partial charge on any atom is 0.230 e. The first-order chi connectivity index (χ1) is 14.5. The van der Waals surface area contributed by atoms with E-state index in [1.807, 2.05) is 43.7 Å². The Morgan fingerprint density at radius 2 is 1.93 bits per heavy atom. The molecule has 30 heavy (non-hydrogen) atoms. The molecule has 1 aromatic carbocycles. The lowest BCUT2D eigenvalue weighted by Crippen LogP contribution is -2.49. The molecule has 1 fully saturated rings. The molecule has 0 radical (unpaired) electrons. The second-order valence-electron chi connectivity index (χ2n) is 7.84. The first kappa shape index (κ1) is 22.1. The lowest BCUT2D eigenvalue weighted by Gasteiger charge is -2.31. The van der Waals surface area contributed by atoms with Crippen molar-refractivity contribution in [3.63, 3.8) is 0 Å². The molecule has 1 heterocycles. The van der Waals surface area contributed by atoms with Gasteiger partial charge in [-0.3, -0.25) is 9.79 Å². The topological polar surface area (TPSA) is 78.9 Å². The molecule has 8 heteroatoms. The number of aromatic nitrogens is 1. The van der Waals surface area contributed by atoms with E-state index in [1.54, 1.807) is 30.4 Å². The molecule has 2 N–H and O–H groups in total. The van der Waals surface area contributed by atoms with Gasteiger partial charge in [0.15, 0.2) is 5.96 Å². The summed E-state index contributed by atoms with van der Waals surface area (Å²) in [5.74, 6) is 1.72. The number of benzene rings is 1. The number of ether oxygens (including phenoxy) is 1. The van der Waals surface area contributed by atoms with Crippen molar-refractivity contribution in [2.24, 2.45) is 10.4 Å². The second kappa shape index (κ2) is 9.93. The quantitative estimate of drug-likeness (QED) is 0.522. The Bertz CT molecular complexity index is 870. The van der Waals surface area contributed by atoms with Gasteiger partial charge in [-0.15, -0.1) is 11.3 Å². The number of amides is 1. The molecular weight excluding hydrogens is 398 g/mol. The van der Waals surface area contributed by atoms with Crippen LogP contribution in [0.2, 0.25) is 0 Å². The van der Waals surface area contributed by atoms with Gasteiger partial charge < -0.3 is 20.3 Å². The number of methoxy groups -OCH3 is 1. The Morgan fingerprint density at radius 3 is 2.53 bits per heavy atom. The molecule has 162 valence electrons. The third-order valence-corrected chi connectivity index (χ3v) is 6.50. The highest BCUT2D eigenvalue weighted by Crippen LogP contribution is 2.38. The van der Waals surface area contributed by atoms with Crippen LogP contribution in [0.25, 0.3) is 10.6 Å². The van der Waals surface area contributed by atoms with E-state index in [4.69, 9.17) is 9.72 Å². The normalized spacial score (nSPS) is 15.7. The molecule has 0 saturated heterocycles. The van der Waals surface area contributed by atoms with Crippen molar-refractivity contribution in [1.29, 1.82) is 0 Å².